The molecule has 0 radical (unpaired) electrons. The number of nitrogens with two attached hydrogens (primary N) is 1. The molecule has 0 aliphatic rings. The summed E-state index contributed by atoms with van der Waals surface area (Å²) in [6.45, 7) is 3.62. The fourth-order valence-corrected chi connectivity index (χ4v) is 1.56. The van der Waals surface area contributed by atoms with Gasteiger partial charge in [0.25, 0.3) is 0 Å². The van der Waals surface area contributed by atoms with Crippen molar-refractivity contribution in [3.8, 4) is 0 Å². The van der Waals surface area contributed by atoms with Gasteiger partial charge in [0.1, 0.15) is 0 Å². The maximum Gasteiger partial charge on any atom is 0.416 e. The predicted molar refractivity (Wildman–Crippen MR) is 58.4 cm³/mol. The van der Waals surface area contributed by atoms with Gasteiger partial charge in [0.2, 0.25) is 5.91 Å². The van der Waals surface area contributed by atoms with Gasteiger partial charge in [0, 0.05) is 0 Å². The molecule has 94 valence electrons. The first-order chi connectivity index (χ1) is 7.71. The molecule has 0 bridgehead atoms. The monoisotopic (exact) mass is 245 g/mol. The molecule has 0 aliphatic heterocycles. The zero-order valence-electron chi connectivity index (χ0n) is 9.64. The molecule has 17 heavy (non-hydrogen) atoms. The minimum Gasteiger partial charge on any atom is -0.369 e. The third-order valence-corrected chi connectivity index (χ3v) is 2.47. The van der Waals surface area contributed by atoms with Gasteiger partial charge in [0.05, 0.1) is 12.0 Å². The standard InChI is InChI=1S/C12H14F3NO/c1-7(2)8-3-4-9(6-11(16)17)10(5-8)12(13,14)15/h3-5,7H,6H2,1-2H3,(H2,16,17). The Morgan fingerprint density at radius 1 is 1.35 bits per heavy atom. The minimum atomic E-state index is -4.46. The third-order valence-electron chi connectivity index (χ3n) is 2.47. The van der Waals surface area contributed by atoms with Gasteiger partial charge in [-0.05, 0) is 23.1 Å². The highest BCUT2D eigenvalue weighted by Gasteiger charge is 2.33. The number of hydrogen-bond acceptors (Lipinski definition) is 1. The number of hydrogen-bond donors (Lipinski definition) is 1. The molecule has 2 nitrogen and oxygen atoms in total. The van der Waals surface area contributed by atoms with Crippen molar-refractivity contribution in [2.45, 2.75) is 32.4 Å². The largest absolute Gasteiger partial charge is 0.416 e. The van der Waals surface area contributed by atoms with E-state index < -0.39 is 24.1 Å². The Morgan fingerprint density at radius 2 is 1.94 bits per heavy atom. The van der Waals surface area contributed by atoms with Gasteiger partial charge in [-0.25, -0.2) is 0 Å². The highest BCUT2D eigenvalue weighted by Crippen LogP contribution is 2.34. The van der Waals surface area contributed by atoms with Gasteiger partial charge < -0.3 is 5.73 Å². The first kappa shape index (κ1) is 13.5. The van der Waals surface area contributed by atoms with Crippen LogP contribution in [-0.4, -0.2) is 5.91 Å². The molecule has 0 spiro atoms. The van der Waals surface area contributed by atoms with Gasteiger partial charge >= 0.3 is 6.18 Å². The molecule has 0 aromatic heterocycles. The molecule has 1 rings (SSSR count). The number of amides is 1. The molecule has 2 N–H and O–H groups in total. The molecule has 0 saturated carbocycles. The topological polar surface area (TPSA) is 43.1 Å². The van der Waals surface area contributed by atoms with Crippen LogP contribution in [0.15, 0.2) is 18.2 Å². The van der Waals surface area contributed by atoms with E-state index in [2.05, 4.69) is 0 Å². The van der Waals surface area contributed by atoms with Gasteiger partial charge in [0.15, 0.2) is 0 Å². The lowest BCUT2D eigenvalue weighted by Crippen LogP contribution is -2.18. The molecular formula is C12H14F3NO. The summed E-state index contributed by atoms with van der Waals surface area (Å²) in [7, 11) is 0. The van der Waals surface area contributed by atoms with Crippen molar-refractivity contribution in [1.82, 2.24) is 0 Å². The van der Waals surface area contributed by atoms with E-state index in [-0.39, 0.29) is 11.5 Å². The lowest BCUT2D eigenvalue weighted by Gasteiger charge is -2.15. The van der Waals surface area contributed by atoms with Crippen LogP contribution in [0.1, 0.15) is 36.5 Å². The summed E-state index contributed by atoms with van der Waals surface area (Å²) in [6.07, 6.45) is -4.86. The number of primary amides is 1. The van der Waals surface area contributed by atoms with E-state index in [1.807, 2.05) is 13.8 Å². The van der Waals surface area contributed by atoms with Crippen LogP contribution in [0.3, 0.4) is 0 Å². The van der Waals surface area contributed by atoms with Crippen LogP contribution >= 0.6 is 0 Å². The van der Waals surface area contributed by atoms with E-state index in [1.165, 1.54) is 6.07 Å². The van der Waals surface area contributed by atoms with Crippen molar-refractivity contribution >= 4 is 5.91 Å². The van der Waals surface area contributed by atoms with Crippen molar-refractivity contribution in [2.75, 3.05) is 0 Å². The first-order valence-corrected chi connectivity index (χ1v) is 5.20. The summed E-state index contributed by atoms with van der Waals surface area (Å²) in [5.41, 5.74) is 4.67. The van der Waals surface area contributed by atoms with E-state index in [9.17, 15) is 18.0 Å². The normalized spacial score (nSPS) is 11.9. The van der Waals surface area contributed by atoms with Gasteiger partial charge in [-0.15, -0.1) is 0 Å². The summed E-state index contributed by atoms with van der Waals surface area (Å²) in [5, 5.41) is 0. The highest BCUT2D eigenvalue weighted by molar-refractivity contribution is 5.77. The van der Waals surface area contributed by atoms with E-state index in [0.29, 0.717) is 5.56 Å². The predicted octanol–water partition coefficient (Wildman–Crippen LogP) is 2.86. The van der Waals surface area contributed by atoms with Crippen LogP contribution in [0.25, 0.3) is 0 Å². The molecule has 0 unspecified atom stereocenters. The first-order valence-electron chi connectivity index (χ1n) is 5.20. The van der Waals surface area contributed by atoms with Gasteiger partial charge in [-0.1, -0.05) is 26.0 Å². The average molecular weight is 245 g/mol. The van der Waals surface area contributed by atoms with Crippen LogP contribution < -0.4 is 5.73 Å². The van der Waals surface area contributed by atoms with Crippen LogP contribution in [-0.2, 0) is 17.4 Å². The zero-order valence-corrected chi connectivity index (χ0v) is 9.64. The summed E-state index contributed by atoms with van der Waals surface area (Å²) >= 11 is 0. The van der Waals surface area contributed by atoms with Gasteiger partial charge in [-0.3, -0.25) is 4.79 Å². The van der Waals surface area contributed by atoms with Gasteiger partial charge in [-0.2, -0.15) is 13.2 Å². The second-order valence-corrected chi connectivity index (χ2v) is 4.21. The molecule has 1 amide bonds. The second kappa shape index (κ2) is 4.77. The summed E-state index contributed by atoms with van der Waals surface area (Å²) in [5.74, 6) is -0.772. The minimum absolute atomic E-state index is 0.00118. The molecule has 1 aromatic carbocycles. The fourth-order valence-electron chi connectivity index (χ4n) is 1.56. The van der Waals surface area contributed by atoms with Crippen molar-refractivity contribution in [1.29, 1.82) is 0 Å². The number of benzene rings is 1. The Balaban J connectivity index is 3.27. The molecule has 0 atom stereocenters. The van der Waals surface area contributed by atoms with Crippen molar-refractivity contribution in [3.63, 3.8) is 0 Å². The molecule has 5 heteroatoms. The van der Waals surface area contributed by atoms with E-state index >= 15 is 0 Å². The third kappa shape index (κ3) is 3.47. The Labute approximate surface area is 97.6 Å². The lowest BCUT2D eigenvalue weighted by molar-refractivity contribution is -0.138. The molecule has 0 heterocycles. The average Bonchev–Trinajstić information content (AvgIpc) is 2.15. The molecule has 0 saturated heterocycles. The van der Waals surface area contributed by atoms with Crippen LogP contribution in [0, 0.1) is 0 Å². The quantitative estimate of drug-likeness (QED) is 0.874. The lowest BCUT2D eigenvalue weighted by atomic mass is 9.95. The van der Waals surface area contributed by atoms with Crippen LogP contribution in [0.2, 0.25) is 0 Å². The Kier molecular flexibility index (Phi) is 3.80. The molecule has 0 aliphatic carbocycles. The smallest absolute Gasteiger partial charge is 0.369 e. The second-order valence-electron chi connectivity index (χ2n) is 4.21. The SMILES string of the molecule is CC(C)c1ccc(CC(N)=O)c(C(F)(F)F)c1. The number of carbonyl (C=O) groups is 1. The summed E-state index contributed by atoms with van der Waals surface area (Å²) in [6, 6.07) is 4.00. The Bertz CT molecular complexity index is 424. The van der Waals surface area contributed by atoms with Crippen molar-refractivity contribution in [3.05, 3.63) is 34.9 Å². The van der Waals surface area contributed by atoms with Crippen LogP contribution in [0.5, 0.6) is 0 Å². The van der Waals surface area contributed by atoms with Crippen molar-refractivity contribution < 1.29 is 18.0 Å². The molecule has 1 aromatic rings. The highest BCUT2D eigenvalue weighted by atomic mass is 19.4. The Hall–Kier alpha value is -1.52. The molecule has 0 fully saturated rings. The van der Waals surface area contributed by atoms with Crippen LogP contribution in [0.4, 0.5) is 13.2 Å². The Morgan fingerprint density at radius 3 is 2.35 bits per heavy atom. The summed E-state index contributed by atoms with van der Waals surface area (Å²) in [4.78, 5) is 10.7. The molecular weight excluding hydrogens is 231 g/mol. The van der Waals surface area contributed by atoms with Crippen molar-refractivity contribution in [2.24, 2.45) is 5.73 Å². The van der Waals surface area contributed by atoms with E-state index in [4.69, 9.17) is 5.73 Å². The maximum absolute atomic E-state index is 12.8. The summed E-state index contributed by atoms with van der Waals surface area (Å²) < 4.78 is 38.4. The number of rotatable bonds is 3. The number of carbonyl (C=O) groups excluding carboxylic acids is 1. The maximum atomic E-state index is 12.8. The number of halogens is 3. The van der Waals surface area contributed by atoms with E-state index in [1.54, 1.807) is 6.07 Å². The number of alkyl halides is 3. The zero-order chi connectivity index (χ0) is 13.2. The fraction of sp³-hybridized carbons (Fsp3) is 0.417. The van der Waals surface area contributed by atoms with E-state index in [0.717, 1.165) is 6.07 Å².